The lowest BCUT2D eigenvalue weighted by atomic mass is 9.91. The largest absolute Gasteiger partial charge is 0.356 e. The minimum absolute atomic E-state index is 0.00141. The molecule has 0 aromatic carbocycles. The second-order valence-corrected chi connectivity index (χ2v) is 4.66. The third kappa shape index (κ3) is 2.45. The molecule has 0 saturated carbocycles. The number of hydrogen-bond acceptors (Lipinski definition) is 4. The normalized spacial score (nSPS) is 20.3. The number of aromatic nitrogens is 2. The highest BCUT2D eigenvalue weighted by Gasteiger charge is 2.26. The summed E-state index contributed by atoms with van der Waals surface area (Å²) in [7, 11) is 0. The van der Waals surface area contributed by atoms with Crippen LogP contribution in [0.3, 0.4) is 0 Å². The molecule has 0 amide bonds. The third-order valence-electron chi connectivity index (χ3n) is 3.02. The van der Waals surface area contributed by atoms with Gasteiger partial charge < -0.3 is 10.6 Å². The van der Waals surface area contributed by atoms with Crippen LogP contribution in [0.2, 0.25) is 0 Å². The van der Waals surface area contributed by atoms with Crippen LogP contribution in [0, 0.1) is 6.92 Å². The summed E-state index contributed by atoms with van der Waals surface area (Å²) in [6.07, 6.45) is 3.67. The Morgan fingerprint density at radius 3 is 2.60 bits per heavy atom. The van der Waals surface area contributed by atoms with Gasteiger partial charge in [0.05, 0.1) is 0 Å². The number of nitrogens with zero attached hydrogens (tertiary/aromatic N) is 3. The fourth-order valence-corrected chi connectivity index (χ4v) is 1.86. The third-order valence-corrected chi connectivity index (χ3v) is 3.02. The minimum atomic E-state index is -0.00141. The van der Waals surface area contributed by atoms with Gasteiger partial charge >= 0.3 is 0 Å². The lowest BCUT2D eigenvalue weighted by Gasteiger charge is -2.37. The molecule has 0 aliphatic carbocycles. The number of rotatable bonds is 1. The van der Waals surface area contributed by atoms with Crippen molar-refractivity contribution in [3.63, 3.8) is 0 Å². The molecule has 82 valence electrons. The van der Waals surface area contributed by atoms with Crippen LogP contribution in [0.4, 0.5) is 5.82 Å². The number of piperidine rings is 1. The van der Waals surface area contributed by atoms with Gasteiger partial charge in [0.15, 0.2) is 0 Å². The fraction of sp³-hybridized carbons (Fsp3) is 0.636. The molecule has 0 bridgehead atoms. The predicted octanol–water partition coefficient (Wildman–Crippen LogP) is 1.10. The molecule has 0 unspecified atom stereocenters. The zero-order valence-electron chi connectivity index (χ0n) is 9.40. The van der Waals surface area contributed by atoms with Crippen LogP contribution >= 0.6 is 0 Å². The van der Waals surface area contributed by atoms with E-state index in [1.807, 2.05) is 13.0 Å². The Hall–Kier alpha value is -1.16. The van der Waals surface area contributed by atoms with Gasteiger partial charge in [-0.15, -0.1) is 0 Å². The molecule has 0 radical (unpaired) electrons. The van der Waals surface area contributed by atoms with E-state index < -0.39 is 0 Å². The molecule has 0 atom stereocenters. The van der Waals surface area contributed by atoms with Crippen LogP contribution < -0.4 is 10.6 Å². The summed E-state index contributed by atoms with van der Waals surface area (Å²) in [5.41, 5.74) is 7.10. The van der Waals surface area contributed by atoms with E-state index in [0.29, 0.717) is 0 Å². The van der Waals surface area contributed by atoms with Crippen molar-refractivity contribution >= 4 is 5.82 Å². The fourth-order valence-electron chi connectivity index (χ4n) is 1.86. The molecule has 1 aromatic heterocycles. The molecule has 15 heavy (non-hydrogen) atoms. The number of aryl methyl sites for hydroxylation is 1. The Morgan fingerprint density at radius 2 is 2.00 bits per heavy atom. The Balaban J connectivity index is 2.08. The Labute approximate surface area is 90.5 Å². The first-order valence-corrected chi connectivity index (χ1v) is 5.39. The second kappa shape index (κ2) is 3.77. The molecular weight excluding hydrogens is 188 g/mol. The molecule has 4 heteroatoms. The van der Waals surface area contributed by atoms with Gasteiger partial charge in [-0.05, 0) is 26.7 Å². The topological polar surface area (TPSA) is 55.0 Å². The van der Waals surface area contributed by atoms with E-state index in [1.165, 1.54) is 0 Å². The lowest BCUT2D eigenvalue weighted by Crippen LogP contribution is -2.48. The van der Waals surface area contributed by atoms with E-state index in [1.54, 1.807) is 6.33 Å². The SMILES string of the molecule is Cc1cc(N2CCC(C)(N)CC2)ncn1. The van der Waals surface area contributed by atoms with Gasteiger partial charge in [0.2, 0.25) is 0 Å². The maximum absolute atomic E-state index is 6.09. The van der Waals surface area contributed by atoms with Crippen molar-refractivity contribution in [3.05, 3.63) is 18.1 Å². The average molecular weight is 206 g/mol. The number of anilines is 1. The standard InChI is InChI=1S/C11H18N4/c1-9-7-10(14-8-13-9)15-5-3-11(2,12)4-6-15/h7-8H,3-6,12H2,1-2H3. The molecule has 2 heterocycles. The molecule has 1 aromatic rings. The van der Waals surface area contributed by atoms with Gasteiger partial charge in [0.25, 0.3) is 0 Å². The smallest absolute Gasteiger partial charge is 0.132 e. The maximum Gasteiger partial charge on any atom is 0.132 e. The highest BCUT2D eigenvalue weighted by Crippen LogP contribution is 2.22. The van der Waals surface area contributed by atoms with Crippen molar-refractivity contribution in [1.29, 1.82) is 0 Å². The molecule has 1 aliphatic heterocycles. The summed E-state index contributed by atoms with van der Waals surface area (Å²) in [4.78, 5) is 10.7. The van der Waals surface area contributed by atoms with Crippen molar-refractivity contribution in [1.82, 2.24) is 9.97 Å². The highest BCUT2D eigenvalue weighted by molar-refractivity contribution is 5.39. The van der Waals surface area contributed by atoms with E-state index in [9.17, 15) is 0 Å². The Morgan fingerprint density at radius 1 is 1.33 bits per heavy atom. The molecule has 0 spiro atoms. The van der Waals surface area contributed by atoms with Crippen molar-refractivity contribution in [3.8, 4) is 0 Å². The van der Waals surface area contributed by atoms with Crippen molar-refractivity contribution < 1.29 is 0 Å². The molecule has 4 nitrogen and oxygen atoms in total. The summed E-state index contributed by atoms with van der Waals surface area (Å²) in [5, 5.41) is 0. The van der Waals surface area contributed by atoms with Crippen molar-refractivity contribution in [2.24, 2.45) is 5.73 Å². The van der Waals surface area contributed by atoms with E-state index in [2.05, 4.69) is 21.8 Å². The van der Waals surface area contributed by atoms with Crippen LogP contribution in [0.5, 0.6) is 0 Å². The zero-order valence-corrected chi connectivity index (χ0v) is 9.40. The molecule has 2 N–H and O–H groups in total. The summed E-state index contributed by atoms with van der Waals surface area (Å²) < 4.78 is 0. The maximum atomic E-state index is 6.09. The quantitative estimate of drug-likeness (QED) is 0.747. The van der Waals surface area contributed by atoms with Gasteiger partial charge in [-0.25, -0.2) is 9.97 Å². The van der Waals surface area contributed by atoms with E-state index >= 15 is 0 Å². The second-order valence-electron chi connectivity index (χ2n) is 4.66. The van der Waals surface area contributed by atoms with Crippen molar-refractivity contribution in [2.45, 2.75) is 32.2 Å². The van der Waals surface area contributed by atoms with Crippen LogP contribution in [-0.2, 0) is 0 Å². The van der Waals surface area contributed by atoms with Crippen molar-refractivity contribution in [2.75, 3.05) is 18.0 Å². The zero-order chi connectivity index (χ0) is 10.9. The first-order chi connectivity index (χ1) is 7.07. The summed E-state index contributed by atoms with van der Waals surface area (Å²) >= 11 is 0. The Bertz CT molecular complexity index is 338. The number of hydrogen-bond donors (Lipinski definition) is 1. The van der Waals surface area contributed by atoms with Crippen LogP contribution in [0.1, 0.15) is 25.5 Å². The van der Waals surface area contributed by atoms with Crippen LogP contribution in [-0.4, -0.2) is 28.6 Å². The predicted molar refractivity (Wildman–Crippen MR) is 60.8 cm³/mol. The summed E-state index contributed by atoms with van der Waals surface area (Å²) in [6.45, 7) is 6.09. The Kier molecular flexibility index (Phi) is 2.61. The lowest BCUT2D eigenvalue weighted by molar-refractivity contribution is 0.363. The van der Waals surface area contributed by atoms with Gasteiger partial charge in [-0.3, -0.25) is 0 Å². The monoisotopic (exact) mass is 206 g/mol. The highest BCUT2D eigenvalue weighted by atomic mass is 15.2. The first kappa shape index (κ1) is 10.4. The van der Waals surface area contributed by atoms with Gasteiger partial charge in [-0.2, -0.15) is 0 Å². The van der Waals surface area contributed by atoms with E-state index in [0.717, 1.165) is 37.4 Å². The molecule has 1 fully saturated rings. The van der Waals surface area contributed by atoms with Gasteiger partial charge in [0, 0.05) is 30.4 Å². The van der Waals surface area contributed by atoms with Crippen LogP contribution in [0.25, 0.3) is 0 Å². The van der Waals surface area contributed by atoms with Gasteiger partial charge in [-0.1, -0.05) is 0 Å². The van der Waals surface area contributed by atoms with Gasteiger partial charge in [0.1, 0.15) is 12.1 Å². The first-order valence-electron chi connectivity index (χ1n) is 5.39. The molecule has 1 aliphatic rings. The summed E-state index contributed by atoms with van der Waals surface area (Å²) in [5.74, 6) is 1.03. The van der Waals surface area contributed by atoms with E-state index in [-0.39, 0.29) is 5.54 Å². The molecular formula is C11H18N4. The average Bonchev–Trinajstić information content (AvgIpc) is 2.17. The molecule has 1 saturated heterocycles. The summed E-state index contributed by atoms with van der Waals surface area (Å²) in [6, 6.07) is 2.03. The minimum Gasteiger partial charge on any atom is -0.356 e. The number of nitrogens with two attached hydrogens (primary N) is 1. The molecule has 2 rings (SSSR count). The van der Waals surface area contributed by atoms with Crippen LogP contribution in [0.15, 0.2) is 12.4 Å². The van der Waals surface area contributed by atoms with E-state index in [4.69, 9.17) is 5.73 Å².